The van der Waals surface area contributed by atoms with Gasteiger partial charge in [-0.15, -0.1) is 0 Å². The lowest BCUT2D eigenvalue weighted by Gasteiger charge is -2.32. The third-order valence-electron chi connectivity index (χ3n) is 5.05. The molecule has 2 amide bonds. The van der Waals surface area contributed by atoms with Gasteiger partial charge in [-0.1, -0.05) is 35.1 Å². The summed E-state index contributed by atoms with van der Waals surface area (Å²) < 4.78 is 0. The number of amides is 2. The van der Waals surface area contributed by atoms with Crippen LogP contribution in [0.3, 0.4) is 0 Å². The maximum Gasteiger partial charge on any atom is 0.323 e. The summed E-state index contributed by atoms with van der Waals surface area (Å²) in [6.45, 7) is 3.39. The van der Waals surface area contributed by atoms with Gasteiger partial charge in [-0.3, -0.25) is 5.32 Å². The molecule has 4 rings (SSSR count). The van der Waals surface area contributed by atoms with Gasteiger partial charge in [0.25, 0.3) is 0 Å². The van der Waals surface area contributed by atoms with Crippen molar-refractivity contribution in [3.05, 3.63) is 52.8 Å². The van der Waals surface area contributed by atoms with Crippen LogP contribution in [-0.4, -0.2) is 58.3 Å². The standard InChI is InChI=1S/C22H21ClN6O2S/c1-13-7-16(9-18(23)26-13)20-19(15-4-2-3-14(8-15)10-24)27-21(32-20)28-22(31)29-6-5-25-17(11-29)12-30/h2-4,7-9,17,25,30H,5-6,11-12H2,1H3,(H,27,28,31). The number of aliphatic hydroxyl groups excluding tert-OH is 1. The molecule has 3 N–H and O–H groups in total. The Kier molecular flexibility index (Phi) is 6.67. The second-order valence-electron chi connectivity index (χ2n) is 7.42. The highest BCUT2D eigenvalue weighted by molar-refractivity contribution is 7.19. The van der Waals surface area contributed by atoms with E-state index in [0.717, 1.165) is 21.7 Å². The summed E-state index contributed by atoms with van der Waals surface area (Å²) in [5, 5.41) is 25.5. The highest BCUT2D eigenvalue weighted by Crippen LogP contribution is 2.40. The van der Waals surface area contributed by atoms with Gasteiger partial charge in [0.15, 0.2) is 5.13 Å². The number of pyridine rings is 1. The summed E-state index contributed by atoms with van der Waals surface area (Å²) in [4.78, 5) is 24.2. The number of nitrogens with zero attached hydrogens (tertiary/aromatic N) is 4. The molecule has 0 aliphatic carbocycles. The molecule has 10 heteroatoms. The SMILES string of the molecule is Cc1cc(-c2sc(NC(=O)N3CCNC(CO)C3)nc2-c2cccc(C#N)c2)cc(Cl)n1. The van der Waals surface area contributed by atoms with E-state index in [1.807, 2.05) is 19.1 Å². The van der Waals surface area contributed by atoms with E-state index in [9.17, 15) is 15.2 Å². The second kappa shape index (κ2) is 9.63. The fourth-order valence-electron chi connectivity index (χ4n) is 3.56. The van der Waals surface area contributed by atoms with Crippen LogP contribution >= 0.6 is 22.9 Å². The molecule has 0 spiro atoms. The van der Waals surface area contributed by atoms with Gasteiger partial charge >= 0.3 is 6.03 Å². The number of piperazine rings is 1. The Morgan fingerprint density at radius 2 is 2.22 bits per heavy atom. The lowest BCUT2D eigenvalue weighted by molar-refractivity contribution is 0.159. The predicted molar refractivity (Wildman–Crippen MR) is 125 cm³/mol. The van der Waals surface area contributed by atoms with Crippen LogP contribution in [0.1, 0.15) is 11.3 Å². The summed E-state index contributed by atoms with van der Waals surface area (Å²) in [5.74, 6) is 0. The molecule has 32 heavy (non-hydrogen) atoms. The summed E-state index contributed by atoms with van der Waals surface area (Å²) >= 11 is 7.53. The van der Waals surface area contributed by atoms with Gasteiger partial charge in [-0.2, -0.15) is 5.26 Å². The van der Waals surface area contributed by atoms with Crippen LogP contribution in [0.2, 0.25) is 5.15 Å². The Balaban J connectivity index is 1.70. The van der Waals surface area contributed by atoms with Gasteiger partial charge in [0.05, 0.1) is 28.8 Å². The van der Waals surface area contributed by atoms with Crippen molar-refractivity contribution in [3.8, 4) is 27.8 Å². The van der Waals surface area contributed by atoms with Crippen molar-refractivity contribution in [2.24, 2.45) is 0 Å². The summed E-state index contributed by atoms with van der Waals surface area (Å²) in [7, 11) is 0. The first kappa shape index (κ1) is 22.2. The third kappa shape index (κ3) is 4.89. The predicted octanol–water partition coefficient (Wildman–Crippen LogP) is 3.50. The first-order chi connectivity index (χ1) is 15.5. The van der Waals surface area contributed by atoms with E-state index in [0.29, 0.717) is 41.2 Å². The van der Waals surface area contributed by atoms with Crippen molar-refractivity contribution in [2.45, 2.75) is 13.0 Å². The van der Waals surface area contributed by atoms with Crippen molar-refractivity contribution in [3.63, 3.8) is 0 Å². The highest BCUT2D eigenvalue weighted by atomic mass is 35.5. The first-order valence-corrected chi connectivity index (χ1v) is 11.2. The van der Waals surface area contributed by atoms with Gasteiger partial charge in [-0.05, 0) is 36.8 Å². The Labute approximate surface area is 194 Å². The quantitative estimate of drug-likeness (QED) is 0.505. The van der Waals surface area contributed by atoms with Crippen LogP contribution in [0.5, 0.6) is 0 Å². The number of aryl methyl sites for hydroxylation is 1. The molecule has 0 bridgehead atoms. The Bertz CT molecular complexity index is 1170. The molecule has 0 radical (unpaired) electrons. The Morgan fingerprint density at radius 1 is 1.38 bits per heavy atom. The zero-order valence-corrected chi connectivity index (χ0v) is 18.9. The molecule has 1 fully saturated rings. The number of hydrogen-bond donors (Lipinski definition) is 3. The smallest absolute Gasteiger partial charge is 0.323 e. The van der Waals surface area contributed by atoms with Crippen molar-refractivity contribution in [1.29, 1.82) is 5.26 Å². The summed E-state index contributed by atoms with van der Waals surface area (Å²) in [6.07, 6.45) is 0. The molecule has 1 atom stereocenters. The van der Waals surface area contributed by atoms with Gasteiger partial charge < -0.3 is 15.3 Å². The number of carbonyl (C=O) groups excluding carboxylic acids is 1. The minimum atomic E-state index is -0.272. The van der Waals surface area contributed by atoms with Crippen molar-refractivity contribution >= 4 is 34.1 Å². The third-order valence-corrected chi connectivity index (χ3v) is 6.27. The molecule has 8 nitrogen and oxygen atoms in total. The van der Waals surface area contributed by atoms with Crippen LogP contribution < -0.4 is 10.6 Å². The van der Waals surface area contributed by atoms with Gasteiger partial charge in [0.1, 0.15) is 5.15 Å². The van der Waals surface area contributed by atoms with Crippen LogP contribution in [0.25, 0.3) is 21.7 Å². The van der Waals surface area contributed by atoms with E-state index in [1.54, 1.807) is 29.2 Å². The molecular formula is C22H21ClN6O2S. The molecule has 2 aromatic heterocycles. The molecule has 3 heterocycles. The van der Waals surface area contributed by atoms with Crippen LogP contribution in [0.4, 0.5) is 9.93 Å². The Morgan fingerprint density at radius 3 is 2.97 bits per heavy atom. The van der Waals surface area contributed by atoms with Crippen LogP contribution in [-0.2, 0) is 0 Å². The number of hydrogen-bond acceptors (Lipinski definition) is 7. The van der Waals surface area contributed by atoms with Crippen molar-refractivity contribution in [1.82, 2.24) is 20.2 Å². The largest absolute Gasteiger partial charge is 0.395 e. The average Bonchev–Trinajstić information content (AvgIpc) is 3.22. The van der Waals surface area contributed by atoms with E-state index in [2.05, 4.69) is 26.7 Å². The topological polar surface area (TPSA) is 114 Å². The number of nitriles is 1. The fourth-order valence-corrected chi connectivity index (χ4v) is 4.78. The van der Waals surface area contributed by atoms with Gasteiger partial charge in [0, 0.05) is 36.9 Å². The van der Waals surface area contributed by atoms with Gasteiger partial charge in [0.2, 0.25) is 0 Å². The number of halogens is 1. The summed E-state index contributed by atoms with van der Waals surface area (Å²) in [6, 6.07) is 12.6. The summed E-state index contributed by atoms with van der Waals surface area (Å²) in [5.41, 5.74) is 3.54. The highest BCUT2D eigenvalue weighted by Gasteiger charge is 2.24. The minimum absolute atomic E-state index is 0.0350. The zero-order valence-electron chi connectivity index (χ0n) is 17.3. The molecular weight excluding hydrogens is 448 g/mol. The number of urea groups is 1. The van der Waals surface area contributed by atoms with Crippen LogP contribution in [0.15, 0.2) is 36.4 Å². The number of nitrogens with one attached hydrogen (secondary N) is 2. The first-order valence-electron chi connectivity index (χ1n) is 10.0. The van der Waals surface area contributed by atoms with E-state index < -0.39 is 0 Å². The van der Waals surface area contributed by atoms with E-state index in [-0.39, 0.29) is 18.7 Å². The minimum Gasteiger partial charge on any atom is -0.395 e. The molecule has 0 saturated carbocycles. The van der Waals surface area contributed by atoms with Gasteiger partial charge in [-0.25, -0.2) is 14.8 Å². The van der Waals surface area contributed by atoms with Crippen molar-refractivity contribution in [2.75, 3.05) is 31.6 Å². The number of carbonyl (C=O) groups is 1. The number of rotatable bonds is 4. The van der Waals surface area contributed by atoms with E-state index >= 15 is 0 Å². The monoisotopic (exact) mass is 468 g/mol. The fraction of sp³-hybridized carbons (Fsp3) is 0.273. The van der Waals surface area contributed by atoms with E-state index in [1.165, 1.54) is 11.3 Å². The number of anilines is 1. The Hall–Kier alpha value is -3.03. The molecule has 1 aliphatic heterocycles. The average molecular weight is 469 g/mol. The zero-order chi connectivity index (χ0) is 22.7. The van der Waals surface area contributed by atoms with Crippen molar-refractivity contribution < 1.29 is 9.90 Å². The molecule has 164 valence electrons. The molecule has 1 saturated heterocycles. The molecule has 3 aromatic rings. The number of aromatic nitrogens is 2. The lowest BCUT2D eigenvalue weighted by Crippen LogP contribution is -2.54. The second-order valence-corrected chi connectivity index (χ2v) is 8.81. The lowest BCUT2D eigenvalue weighted by atomic mass is 10.1. The van der Waals surface area contributed by atoms with E-state index in [4.69, 9.17) is 11.6 Å². The molecule has 1 aromatic carbocycles. The normalized spacial score (nSPS) is 15.9. The molecule has 1 aliphatic rings. The van der Waals surface area contributed by atoms with Crippen LogP contribution in [0, 0.1) is 18.3 Å². The molecule has 1 unspecified atom stereocenters. The maximum absolute atomic E-state index is 12.8. The maximum atomic E-state index is 12.8. The number of aliphatic hydroxyl groups is 1. The number of benzene rings is 1. The number of thiazole rings is 1.